The summed E-state index contributed by atoms with van der Waals surface area (Å²) in [4.78, 5) is 31.0. The average molecular weight is 337 g/mol. The van der Waals surface area contributed by atoms with Crippen molar-refractivity contribution in [3.8, 4) is 0 Å². The van der Waals surface area contributed by atoms with Crippen LogP contribution < -0.4 is 0 Å². The molecule has 1 aromatic carbocycles. The molecular weight excluding hydrogens is 321 g/mol. The zero-order chi connectivity index (χ0) is 17.2. The number of likely N-dealkylation sites (tertiary alicyclic amines) is 1. The summed E-state index contributed by atoms with van der Waals surface area (Å²) in [6.45, 7) is 1.13. The molecule has 0 radical (unpaired) electrons. The molecule has 1 fully saturated rings. The second-order valence-electron chi connectivity index (χ2n) is 6.10. The fourth-order valence-corrected chi connectivity index (χ4v) is 3.27. The fourth-order valence-electron chi connectivity index (χ4n) is 3.27. The normalized spacial score (nSPS) is 17.6. The van der Waals surface area contributed by atoms with Gasteiger partial charge >= 0.3 is 0 Å². The third-order valence-electron chi connectivity index (χ3n) is 4.52. The number of benzene rings is 1. The third kappa shape index (κ3) is 3.05. The SMILES string of the molecule is O=C(c1cc2nccnc2cc1F)N1CCCC(c2ccncn2)C1. The lowest BCUT2D eigenvalue weighted by Crippen LogP contribution is -2.39. The standard InChI is InChI=1S/C18H16FN5O/c19-14-9-17-16(21-5-6-22-17)8-13(14)18(25)24-7-1-2-12(10-24)15-3-4-20-11-23-15/h3-6,8-9,11-12H,1-2,7,10H2. The van der Waals surface area contributed by atoms with Crippen molar-refractivity contribution >= 4 is 16.9 Å². The average Bonchev–Trinajstić information content (AvgIpc) is 2.68. The highest BCUT2D eigenvalue weighted by Gasteiger charge is 2.28. The molecule has 25 heavy (non-hydrogen) atoms. The molecule has 0 aliphatic carbocycles. The third-order valence-corrected chi connectivity index (χ3v) is 4.52. The van der Waals surface area contributed by atoms with Crippen molar-refractivity contribution in [3.63, 3.8) is 0 Å². The number of rotatable bonds is 2. The van der Waals surface area contributed by atoms with Gasteiger partial charge in [-0.25, -0.2) is 14.4 Å². The van der Waals surface area contributed by atoms with Gasteiger partial charge in [0, 0.05) is 49.4 Å². The van der Waals surface area contributed by atoms with Crippen LogP contribution in [0.25, 0.3) is 11.0 Å². The Morgan fingerprint density at radius 2 is 1.92 bits per heavy atom. The van der Waals surface area contributed by atoms with Gasteiger partial charge in [-0.2, -0.15) is 0 Å². The van der Waals surface area contributed by atoms with Crippen molar-refractivity contribution in [2.45, 2.75) is 18.8 Å². The Kier molecular flexibility index (Phi) is 4.05. The minimum absolute atomic E-state index is 0.0383. The molecule has 0 spiro atoms. The van der Waals surface area contributed by atoms with Gasteiger partial charge in [-0.1, -0.05) is 0 Å². The van der Waals surface area contributed by atoms with Crippen molar-refractivity contribution in [1.82, 2.24) is 24.8 Å². The first-order valence-corrected chi connectivity index (χ1v) is 8.18. The molecule has 1 aliphatic rings. The first-order chi connectivity index (χ1) is 12.2. The maximum Gasteiger partial charge on any atom is 0.256 e. The topological polar surface area (TPSA) is 71.9 Å². The largest absolute Gasteiger partial charge is 0.338 e. The lowest BCUT2D eigenvalue weighted by Gasteiger charge is -2.32. The summed E-state index contributed by atoms with van der Waals surface area (Å²) >= 11 is 0. The van der Waals surface area contributed by atoms with Crippen LogP contribution in [-0.4, -0.2) is 43.8 Å². The van der Waals surface area contributed by atoms with Crippen molar-refractivity contribution in [1.29, 1.82) is 0 Å². The Bertz CT molecular complexity index is 918. The van der Waals surface area contributed by atoms with Crippen LogP contribution in [0.15, 0.2) is 43.1 Å². The van der Waals surface area contributed by atoms with Crippen molar-refractivity contribution < 1.29 is 9.18 Å². The highest BCUT2D eigenvalue weighted by atomic mass is 19.1. The molecule has 1 aliphatic heterocycles. The van der Waals surface area contributed by atoms with E-state index in [1.54, 1.807) is 11.1 Å². The van der Waals surface area contributed by atoms with Gasteiger partial charge in [0.05, 0.1) is 16.6 Å². The molecule has 1 unspecified atom stereocenters. The molecule has 1 amide bonds. The van der Waals surface area contributed by atoms with Gasteiger partial charge in [0.15, 0.2) is 0 Å². The molecular formula is C18H16FN5O. The van der Waals surface area contributed by atoms with Gasteiger partial charge in [-0.3, -0.25) is 14.8 Å². The molecule has 4 rings (SSSR count). The second kappa shape index (κ2) is 6.51. The van der Waals surface area contributed by atoms with E-state index in [0.717, 1.165) is 18.5 Å². The number of fused-ring (bicyclic) bond motifs is 1. The van der Waals surface area contributed by atoms with E-state index >= 15 is 0 Å². The van der Waals surface area contributed by atoms with Crippen LogP contribution in [0, 0.1) is 5.82 Å². The first-order valence-electron chi connectivity index (χ1n) is 8.18. The number of aromatic nitrogens is 4. The van der Waals surface area contributed by atoms with E-state index in [4.69, 9.17) is 0 Å². The molecule has 0 N–H and O–H groups in total. The van der Waals surface area contributed by atoms with Gasteiger partial charge in [0.2, 0.25) is 0 Å². The predicted molar refractivity (Wildman–Crippen MR) is 89.4 cm³/mol. The number of hydrogen-bond donors (Lipinski definition) is 0. The molecule has 3 heterocycles. The fraction of sp³-hybridized carbons (Fsp3) is 0.278. The quantitative estimate of drug-likeness (QED) is 0.719. The number of hydrogen-bond acceptors (Lipinski definition) is 5. The van der Waals surface area contributed by atoms with Crippen molar-refractivity contribution in [2.24, 2.45) is 0 Å². The van der Waals surface area contributed by atoms with E-state index < -0.39 is 5.82 Å². The number of halogens is 1. The van der Waals surface area contributed by atoms with E-state index in [9.17, 15) is 9.18 Å². The van der Waals surface area contributed by atoms with Crippen LogP contribution in [0.3, 0.4) is 0 Å². The molecule has 1 atom stereocenters. The Labute approximate surface area is 143 Å². The van der Waals surface area contributed by atoms with Gasteiger partial charge in [0.25, 0.3) is 5.91 Å². The van der Waals surface area contributed by atoms with Gasteiger partial charge in [-0.05, 0) is 25.0 Å². The molecule has 2 aromatic heterocycles. The van der Waals surface area contributed by atoms with E-state index in [1.165, 1.54) is 30.9 Å². The summed E-state index contributed by atoms with van der Waals surface area (Å²) in [6, 6.07) is 4.61. The van der Waals surface area contributed by atoms with E-state index in [0.29, 0.717) is 24.1 Å². The molecule has 0 bridgehead atoms. The van der Waals surface area contributed by atoms with Gasteiger partial charge < -0.3 is 4.90 Å². The van der Waals surface area contributed by atoms with Gasteiger partial charge in [-0.15, -0.1) is 0 Å². The number of carbonyl (C=O) groups is 1. The minimum atomic E-state index is -0.567. The summed E-state index contributed by atoms with van der Waals surface area (Å²) < 4.78 is 14.4. The summed E-state index contributed by atoms with van der Waals surface area (Å²) in [5.41, 5.74) is 1.90. The van der Waals surface area contributed by atoms with E-state index in [2.05, 4.69) is 19.9 Å². The Morgan fingerprint density at radius 3 is 2.68 bits per heavy atom. The predicted octanol–water partition coefficient (Wildman–Crippen LogP) is 2.58. The summed E-state index contributed by atoms with van der Waals surface area (Å²) in [7, 11) is 0. The van der Waals surface area contributed by atoms with Crippen LogP contribution in [0.5, 0.6) is 0 Å². The smallest absolute Gasteiger partial charge is 0.256 e. The second-order valence-corrected chi connectivity index (χ2v) is 6.10. The highest BCUT2D eigenvalue weighted by molar-refractivity contribution is 5.97. The lowest BCUT2D eigenvalue weighted by atomic mass is 9.94. The number of piperidine rings is 1. The maximum atomic E-state index is 14.4. The van der Waals surface area contributed by atoms with Crippen molar-refractivity contribution in [3.05, 3.63) is 60.2 Å². The monoisotopic (exact) mass is 337 g/mol. The Hall–Kier alpha value is -2.96. The summed E-state index contributed by atoms with van der Waals surface area (Å²) in [5.74, 6) is -0.741. The molecule has 126 valence electrons. The maximum absolute atomic E-state index is 14.4. The zero-order valence-electron chi connectivity index (χ0n) is 13.5. The van der Waals surface area contributed by atoms with Crippen LogP contribution >= 0.6 is 0 Å². The molecule has 0 saturated carbocycles. The highest BCUT2D eigenvalue weighted by Crippen LogP contribution is 2.27. The molecule has 3 aromatic rings. The summed E-state index contributed by atoms with van der Waals surface area (Å²) in [5, 5.41) is 0. The number of carbonyl (C=O) groups excluding carboxylic acids is 1. The number of nitrogens with zero attached hydrogens (tertiary/aromatic N) is 5. The molecule has 6 nitrogen and oxygen atoms in total. The van der Waals surface area contributed by atoms with Crippen LogP contribution in [0.4, 0.5) is 4.39 Å². The lowest BCUT2D eigenvalue weighted by molar-refractivity contribution is 0.0701. The summed E-state index contributed by atoms with van der Waals surface area (Å²) in [6.07, 6.45) is 8.05. The van der Waals surface area contributed by atoms with Crippen LogP contribution in [-0.2, 0) is 0 Å². The van der Waals surface area contributed by atoms with Crippen LogP contribution in [0.2, 0.25) is 0 Å². The number of amides is 1. The Morgan fingerprint density at radius 1 is 1.12 bits per heavy atom. The van der Waals surface area contributed by atoms with Gasteiger partial charge in [0.1, 0.15) is 12.1 Å². The molecule has 1 saturated heterocycles. The minimum Gasteiger partial charge on any atom is -0.338 e. The van der Waals surface area contributed by atoms with E-state index in [-0.39, 0.29) is 17.4 Å². The van der Waals surface area contributed by atoms with Crippen molar-refractivity contribution in [2.75, 3.05) is 13.1 Å². The molecule has 7 heteroatoms. The Balaban J connectivity index is 1.61. The zero-order valence-corrected chi connectivity index (χ0v) is 13.5. The van der Waals surface area contributed by atoms with E-state index in [1.807, 2.05) is 6.07 Å². The first kappa shape index (κ1) is 15.6. The van der Waals surface area contributed by atoms with Crippen LogP contribution in [0.1, 0.15) is 34.8 Å².